The van der Waals surface area contributed by atoms with Crippen LogP contribution in [0.4, 0.5) is 0 Å². The zero-order valence-electron chi connectivity index (χ0n) is 26.8. The fourth-order valence-electron chi connectivity index (χ4n) is 7.42. The van der Waals surface area contributed by atoms with E-state index in [1.165, 1.54) is 32.3 Å². The van der Waals surface area contributed by atoms with Crippen molar-refractivity contribution in [2.24, 2.45) is 0 Å². The first-order valence-electron chi connectivity index (χ1n) is 16.6. The van der Waals surface area contributed by atoms with Crippen LogP contribution in [0.1, 0.15) is 0 Å². The first-order valence-corrected chi connectivity index (χ1v) is 17.4. The highest BCUT2D eigenvalue weighted by atomic mass is 79.9. The van der Waals surface area contributed by atoms with Crippen molar-refractivity contribution in [1.29, 1.82) is 0 Å². The Kier molecular flexibility index (Phi) is 6.61. The van der Waals surface area contributed by atoms with Gasteiger partial charge in [0.1, 0.15) is 0 Å². The topological polar surface area (TPSA) is 43.6 Å². The van der Waals surface area contributed by atoms with Crippen LogP contribution in [0.2, 0.25) is 0 Å². The predicted molar refractivity (Wildman–Crippen MR) is 210 cm³/mol. The Labute approximate surface area is 296 Å². The highest BCUT2D eigenvalue weighted by Crippen LogP contribution is 2.45. The van der Waals surface area contributed by atoms with Gasteiger partial charge in [-0.3, -0.25) is 4.57 Å². The van der Waals surface area contributed by atoms with Gasteiger partial charge in [-0.25, -0.2) is 4.98 Å². The lowest BCUT2D eigenvalue weighted by Crippen LogP contribution is -2.06. The third-order valence-electron chi connectivity index (χ3n) is 9.67. The summed E-state index contributed by atoms with van der Waals surface area (Å²) in [6, 6.07) is 57.3. The Morgan fingerprint density at radius 3 is 1.48 bits per heavy atom. The summed E-state index contributed by atoms with van der Waals surface area (Å²) in [5.74, 6) is 1.82. The van der Waals surface area contributed by atoms with Crippen LogP contribution in [-0.4, -0.2) is 19.5 Å². The van der Waals surface area contributed by atoms with Crippen molar-refractivity contribution in [3.63, 3.8) is 0 Å². The number of halogens is 1. The first-order chi connectivity index (χ1) is 24.7. The van der Waals surface area contributed by atoms with E-state index in [0.717, 1.165) is 48.9 Å². The van der Waals surface area contributed by atoms with E-state index >= 15 is 0 Å². The predicted octanol–water partition coefficient (Wildman–Crippen LogP) is 12.1. The van der Waals surface area contributed by atoms with E-state index in [2.05, 4.69) is 172 Å². The van der Waals surface area contributed by atoms with Gasteiger partial charge in [-0.15, -0.1) is 0 Å². The molecular formula is C45H27BrN4. The summed E-state index contributed by atoms with van der Waals surface area (Å²) in [6.07, 6.45) is 0. The molecule has 0 saturated carbocycles. The van der Waals surface area contributed by atoms with Crippen LogP contribution < -0.4 is 0 Å². The molecule has 10 aromatic rings. The molecule has 0 saturated heterocycles. The summed E-state index contributed by atoms with van der Waals surface area (Å²) in [7, 11) is 0. The second kappa shape index (κ2) is 11.5. The van der Waals surface area contributed by atoms with Crippen LogP contribution in [0.25, 0.3) is 94.3 Å². The molecule has 8 aromatic carbocycles. The Bertz CT molecular complexity index is 2780. The molecule has 2 aromatic heterocycles. The zero-order chi connectivity index (χ0) is 33.2. The van der Waals surface area contributed by atoms with Crippen molar-refractivity contribution < 1.29 is 0 Å². The van der Waals surface area contributed by atoms with Crippen LogP contribution in [-0.2, 0) is 0 Å². The van der Waals surface area contributed by atoms with Gasteiger partial charge in [0.05, 0.1) is 11.0 Å². The van der Waals surface area contributed by atoms with Gasteiger partial charge >= 0.3 is 0 Å². The van der Waals surface area contributed by atoms with Crippen molar-refractivity contribution in [2.45, 2.75) is 0 Å². The molecule has 50 heavy (non-hydrogen) atoms. The molecule has 0 radical (unpaired) electrons. The van der Waals surface area contributed by atoms with E-state index in [1.54, 1.807) is 0 Å². The largest absolute Gasteiger partial charge is 0.278 e. The third kappa shape index (κ3) is 4.55. The fourth-order valence-corrected chi connectivity index (χ4v) is 7.97. The van der Waals surface area contributed by atoms with Crippen LogP contribution in [0.15, 0.2) is 168 Å². The molecule has 5 heteroatoms. The van der Waals surface area contributed by atoms with Gasteiger partial charge in [0.2, 0.25) is 5.95 Å². The minimum atomic E-state index is 0.580. The average Bonchev–Trinajstić information content (AvgIpc) is 3.53. The van der Waals surface area contributed by atoms with Crippen LogP contribution in [0.3, 0.4) is 0 Å². The molecule has 4 nitrogen and oxygen atoms in total. The number of hydrogen-bond acceptors (Lipinski definition) is 3. The third-order valence-corrected chi connectivity index (χ3v) is 10.3. The summed E-state index contributed by atoms with van der Waals surface area (Å²) in [4.78, 5) is 15.7. The summed E-state index contributed by atoms with van der Waals surface area (Å²) in [5.41, 5.74) is 8.48. The quantitative estimate of drug-likeness (QED) is 0.168. The van der Waals surface area contributed by atoms with Crippen LogP contribution >= 0.6 is 15.9 Å². The van der Waals surface area contributed by atoms with Crippen molar-refractivity contribution in [3.05, 3.63) is 168 Å². The molecule has 0 amide bonds. The number of benzene rings is 8. The van der Waals surface area contributed by atoms with Gasteiger partial charge in [-0.1, -0.05) is 149 Å². The lowest BCUT2D eigenvalue weighted by molar-refractivity contribution is 0.954. The summed E-state index contributed by atoms with van der Waals surface area (Å²) in [6.45, 7) is 0. The molecule has 0 unspecified atom stereocenters. The summed E-state index contributed by atoms with van der Waals surface area (Å²) in [5, 5.41) is 7.26. The SMILES string of the molecule is Brc1ccc2c3c1c1ccccc1c1cccc(c13)n2-c1nc(-c2cccc(-c3ccccc3)c2)nc(-c2cccc(-c3ccccc3)c2)n1. The van der Waals surface area contributed by atoms with Crippen molar-refractivity contribution in [1.82, 2.24) is 19.5 Å². The Morgan fingerprint density at radius 2 is 0.840 bits per heavy atom. The van der Waals surface area contributed by atoms with Gasteiger partial charge in [-0.2, -0.15) is 9.97 Å². The normalized spacial score (nSPS) is 11.7. The summed E-state index contributed by atoms with van der Waals surface area (Å²) >= 11 is 3.91. The molecule has 0 bridgehead atoms. The van der Waals surface area contributed by atoms with E-state index in [1.807, 2.05) is 12.1 Å². The maximum atomic E-state index is 5.27. The smallest absolute Gasteiger partial charge is 0.238 e. The highest BCUT2D eigenvalue weighted by Gasteiger charge is 2.23. The number of aromatic nitrogens is 4. The maximum Gasteiger partial charge on any atom is 0.238 e. The van der Waals surface area contributed by atoms with E-state index in [4.69, 9.17) is 15.0 Å². The minimum absolute atomic E-state index is 0.580. The van der Waals surface area contributed by atoms with E-state index in [9.17, 15) is 0 Å². The second-order valence-electron chi connectivity index (χ2n) is 12.6. The van der Waals surface area contributed by atoms with E-state index < -0.39 is 0 Å². The fraction of sp³-hybridized carbons (Fsp3) is 0. The molecule has 2 heterocycles. The number of fused-ring (bicyclic) bond motifs is 3. The maximum absolute atomic E-state index is 5.27. The van der Waals surface area contributed by atoms with Crippen LogP contribution in [0.5, 0.6) is 0 Å². The molecule has 0 aliphatic carbocycles. The molecular weight excluding hydrogens is 676 g/mol. The van der Waals surface area contributed by atoms with Crippen molar-refractivity contribution in [2.75, 3.05) is 0 Å². The average molecular weight is 704 g/mol. The Balaban J connectivity index is 1.27. The summed E-state index contributed by atoms with van der Waals surface area (Å²) < 4.78 is 3.28. The number of nitrogens with zero attached hydrogens (tertiary/aromatic N) is 4. The molecule has 234 valence electrons. The number of hydrogen-bond donors (Lipinski definition) is 0. The van der Waals surface area contributed by atoms with Crippen molar-refractivity contribution >= 4 is 59.3 Å². The van der Waals surface area contributed by atoms with Gasteiger partial charge < -0.3 is 0 Å². The van der Waals surface area contributed by atoms with Crippen molar-refractivity contribution in [3.8, 4) is 51.0 Å². The zero-order valence-corrected chi connectivity index (χ0v) is 28.3. The standard InChI is InChI=1S/C45H27BrN4/c46-37-24-25-39-42-40(37)35-21-8-7-20-34(35)36-22-11-23-38(41(36)42)50(39)45-48-43(32-18-9-16-30(26-32)28-12-3-1-4-13-28)47-44(49-45)33-19-10-17-31(27-33)29-14-5-2-6-15-29/h1-27H. The Hall–Kier alpha value is -6.17. The van der Waals surface area contributed by atoms with Gasteiger partial charge in [0.15, 0.2) is 11.6 Å². The van der Waals surface area contributed by atoms with Gasteiger partial charge in [0.25, 0.3) is 0 Å². The molecule has 0 aliphatic heterocycles. The lowest BCUT2D eigenvalue weighted by Gasteiger charge is -2.12. The Morgan fingerprint density at radius 1 is 0.360 bits per heavy atom. The lowest BCUT2D eigenvalue weighted by atomic mass is 9.94. The number of rotatable bonds is 5. The second-order valence-corrected chi connectivity index (χ2v) is 13.4. The minimum Gasteiger partial charge on any atom is -0.278 e. The van der Waals surface area contributed by atoms with E-state index in [0.29, 0.717) is 17.6 Å². The first kappa shape index (κ1) is 28.8. The van der Waals surface area contributed by atoms with E-state index in [-0.39, 0.29) is 0 Å². The van der Waals surface area contributed by atoms with Gasteiger partial charge in [0, 0.05) is 31.8 Å². The van der Waals surface area contributed by atoms with Gasteiger partial charge in [-0.05, 0) is 68.7 Å². The molecule has 0 N–H and O–H groups in total. The highest BCUT2D eigenvalue weighted by molar-refractivity contribution is 9.10. The molecule has 10 rings (SSSR count). The molecule has 0 fully saturated rings. The molecule has 0 aliphatic rings. The molecule has 0 atom stereocenters. The molecule has 0 spiro atoms. The van der Waals surface area contributed by atoms with Crippen LogP contribution in [0, 0.1) is 0 Å². The monoisotopic (exact) mass is 702 g/mol.